The number of para-hydroxylation sites is 2. The minimum Gasteiger partial charge on any atom is -0.491 e. The number of anilines is 3. The number of hydrogen-bond donors (Lipinski definition) is 3. The van der Waals surface area contributed by atoms with Gasteiger partial charge >= 0.3 is 0 Å². The Hall–Kier alpha value is -5.37. The van der Waals surface area contributed by atoms with E-state index in [4.69, 9.17) is 15.2 Å². The van der Waals surface area contributed by atoms with Gasteiger partial charge in [-0.05, 0) is 74.2 Å². The van der Waals surface area contributed by atoms with Crippen molar-refractivity contribution in [2.24, 2.45) is 0 Å². The van der Waals surface area contributed by atoms with Crippen LogP contribution in [0.25, 0.3) is 22.0 Å². The second kappa shape index (κ2) is 14.4. The van der Waals surface area contributed by atoms with Crippen LogP contribution in [0, 0.1) is 18.6 Å². The molecule has 2 aromatic heterocycles. The van der Waals surface area contributed by atoms with E-state index in [0.29, 0.717) is 76.8 Å². The summed E-state index contributed by atoms with van der Waals surface area (Å²) in [6.07, 6.45) is 5.34. The van der Waals surface area contributed by atoms with E-state index in [9.17, 15) is 22.0 Å². The van der Waals surface area contributed by atoms with Crippen LogP contribution in [0.2, 0.25) is 0 Å². The fraction of sp³-hybridized carbons (Fsp3) is 0.212. The number of hydrogen-bond acceptors (Lipinski definition) is 9. The summed E-state index contributed by atoms with van der Waals surface area (Å²) in [4.78, 5) is 24.5. The van der Waals surface area contributed by atoms with E-state index in [1.165, 1.54) is 25.7 Å². The number of carbonyl (C=O) groups is 1. The van der Waals surface area contributed by atoms with Gasteiger partial charge in [-0.2, -0.15) is 0 Å². The summed E-state index contributed by atoms with van der Waals surface area (Å²) in [5, 5.41) is 3.53. The summed E-state index contributed by atoms with van der Waals surface area (Å²) in [5.41, 5.74) is 9.32. The molecule has 0 saturated carbocycles. The minimum absolute atomic E-state index is 0.0578. The zero-order chi connectivity index (χ0) is 33.6. The van der Waals surface area contributed by atoms with Crippen molar-refractivity contribution in [3.8, 4) is 22.8 Å². The fourth-order valence-corrected chi connectivity index (χ4v) is 5.95. The number of ether oxygens (including phenoxy) is 2. The van der Waals surface area contributed by atoms with Gasteiger partial charge < -0.3 is 20.5 Å². The van der Waals surface area contributed by atoms with E-state index in [0.717, 1.165) is 18.6 Å². The molecule has 0 atom stereocenters. The maximum atomic E-state index is 14.4. The van der Waals surface area contributed by atoms with Crippen molar-refractivity contribution in [1.29, 1.82) is 0 Å². The van der Waals surface area contributed by atoms with E-state index >= 15 is 0 Å². The summed E-state index contributed by atoms with van der Waals surface area (Å²) in [5.74, 6) is -1.85. The van der Waals surface area contributed by atoms with Gasteiger partial charge in [0.1, 0.15) is 39.8 Å². The van der Waals surface area contributed by atoms with Gasteiger partial charge in [0.2, 0.25) is 11.8 Å². The maximum Gasteiger partial charge on any atom is 0.264 e. The number of amides is 1. The molecule has 47 heavy (non-hydrogen) atoms. The topological polar surface area (TPSA) is 158 Å². The lowest BCUT2D eigenvalue weighted by atomic mass is 10.0. The SMILES string of the molecule is COc1ncc(-c2cc(OCCCCCC(=O)Nc3ccccc3N)c3ncnc(C)c3c2)cc1NS(=O)(=O)c1ccc(F)cc1F. The van der Waals surface area contributed by atoms with Crippen LogP contribution in [0.15, 0.2) is 78.1 Å². The van der Waals surface area contributed by atoms with Crippen molar-refractivity contribution in [3.63, 3.8) is 0 Å². The molecule has 0 aliphatic carbocycles. The number of sulfonamides is 1. The van der Waals surface area contributed by atoms with E-state index < -0.39 is 26.6 Å². The van der Waals surface area contributed by atoms with Crippen molar-refractivity contribution in [1.82, 2.24) is 15.0 Å². The molecule has 0 aliphatic heterocycles. The average Bonchev–Trinajstić information content (AvgIpc) is 3.03. The number of nitrogen functional groups attached to an aromatic ring is 1. The quantitative estimate of drug-likeness (QED) is 0.0979. The lowest BCUT2D eigenvalue weighted by molar-refractivity contribution is -0.116. The van der Waals surface area contributed by atoms with Crippen LogP contribution in [-0.4, -0.2) is 43.0 Å². The Balaban J connectivity index is 1.32. The predicted octanol–water partition coefficient (Wildman–Crippen LogP) is 6.25. The number of halogens is 2. The number of nitrogens with one attached hydrogen (secondary N) is 2. The largest absolute Gasteiger partial charge is 0.491 e. The highest BCUT2D eigenvalue weighted by molar-refractivity contribution is 7.92. The summed E-state index contributed by atoms with van der Waals surface area (Å²) < 4.78 is 67.5. The fourth-order valence-electron chi connectivity index (χ4n) is 4.85. The van der Waals surface area contributed by atoms with Gasteiger partial charge in [-0.15, -0.1) is 0 Å². The first-order chi connectivity index (χ1) is 22.6. The van der Waals surface area contributed by atoms with Crippen molar-refractivity contribution in [2.75, 3.05) is 29.5 Å². The monoisotopic (exact) mass is 662 g/mol. The number of pyridine rings is 1. The molecule has 3 aromatic carbocycles. The molecule has 11 nitrogen and oxygen atoms in total. The van der Waals surface area contributed by atoms with Gasteiger partial charge in [0, 0.05) is 35.3 Å². The zero-order valence-electron chi connectivity index (χ0n) is 25.6. The molecule has 0 radical (unpaired) electrons. The minimum atomic E-state index is -4.47. The highest BCUT2D eigenvalue weighted by Gasteiger charge is 2.23. The van der Waals surface area contributed by atoms with E-state index in [2.05, 4.69) is 25.0 Å². The van der Waals surface area contributed by atoms with Crippen LogP contribution >= 0.6 is 0 Å². The Bertz CT molecular complexity index is 2040. The Labute approximate surface area is 270 Å². The number of aromatic nitrogens is 3. The lowest BCUT2D eigenvalue weighted by Gasteiger charge is -2.15. The van der Waals surface area contributed by atoms with Gasteiger partial charge in [0.25, 0.3) is 10.0 Å². The highest BCUT2D eigenvalue weighted by atomic mass is 32.2. The molecule has 1 amide bonds. The number of benzene rings is 3. The van der Waals surface area contributed by atoms with Crippen LogP contribution in [0.3, 0.4) is 0 Å². The molecule has 0 aliphatic rings. The number of unbranched alkanes of at least 4 members (excludes halogenated alkanes) is 2. The number of carbonyl (C=O) groups excluding carboxylic acids is 1. The van der Waals surface area contributed by atoms with Crippen LogP contribution in [0.1, 0.15) is 31.4 Å². The molecule has 5 rings (SSSR count). The van der Waals surface area contributed by atoms with Gasteiger partial charge in [0.15, 0.2) is 0 Å². The van der Waals surface area contributed by atoms with Crippen molar-refractivity contribution >= 4 is 43.9 Å². The van der Waals surface area contributed by atoms with E-state index in [-0.39, 0.29) is 17.5 Å². The van der Waals surface area contributed by atoms with Crippen LogP contribution in [-0.2, 0) is 14.8 Å². The Kier molecular flexibility index (Phi) is 10.1. The van der Waals surface area contributed by atoms with Crippen molar-refractivity contribution in [2.45, 2.75) is 37.5 Å². The molecular formula is C33H32F2N6O5S. The summed E-state index contributed by atoms with van der Waals surface area (Å²) in [6, 6.07) is 14.3. The predicted molar refractivity (Wildman–Crippen MR) is 175 cm³/mol. The standard InChI is InChI=1S/C33H32F2N6O5S/c1-20-24-14-21(22-15-28(33(45-2)37-18-22)41-47(43,44)30-12-11-23(34)17-25(30)35)16-29(32(24)39-19-38-20)46-13-7-3-4-10-31(42)40-27-9-6-5-8-26(27)36/h5-6,8-9,11-12,14-19,41H,3-4,7,10,13,36H2,1-2H3,(H,40,42). The second-order valence-corrected chi connectivity index (χ2v) is 12.2. The first-order valence-corrected chi connectivity index (χ1v) is 16.1. The Morgan fingerprint density at radius 3 is 2.51 bits per heavy atom. The number of methoxy groups -OCH3 is 1. The Morgan fingerprint density at radius 1 is 0.936 bits per heavy atom. The lowest BCUT2D eigenvalue weighted by Crippen LogP contribution is -2.15. The number of fused-ring (bicyclic) bond motifs is 1. The van der Waals surface area contributed by atoms with Crippen LogP contribution in [0.4, 0.5) is 25.8 Å². The molecular weight excluding hydrogens is 630 g/mol. The number of nitrogens with two attached hydrogens (primary N) is 1. The average molecular weight is 663 g/mol. The summed E-state index contributed by atoms with van der Waals surface area (Å²) in [7, 11) is -3.16. The summed E-state index contributed by atoms with van der Waals surface area (Å²) >= 11 is 0. The first kappa shape index (κ1) is 33.0. The maximum absolute atomic E-state index is 14.4. The third-order valence-corrected chi connectivity index (χ3v) is 8.65. The number of nitrogens with zero attached hydrogens (tertiary/aromatic N) is 3. The molecule has 0 spiro atoms. The highest BCUT2D eigenvalue weighted by Crippen LogP contribution is 2.36. The second-order valence-electron chi connectivity index (χ2n) is 10.6. The molecule has 0 fully saturated rings. The molecule has 14 heteroatoms. The first-order valence-electron chi connectivity index (χ1n) is 14.6. The third kappa shape index (κ3) is 7.90. The Morgan fingerprint density at radius 2 is 1.74 bits per heavy atom. The van der Waals surface area contributed by atoms with Gasteiger partial charge in [-0.3, -0.25) is 9.52 Å². The van der Waals surface area contributed by atoms with Crippen molar-refractivity contribution in [3.05, 3.63) is 90.5 Å². The van der Waals surface area contributed by atoms with E-state index in [1.54, 1.807) is 30.3 Å². The van der Waals surface area contributed by atoms with Gasteiger partial charge in [-0.1, -0.05) is 12.1 Å². The molecule has 4 N–H and O–H groups in total. The molecule has 0 unspecified atom stereocenters. The number of rotatable bonds is 13. The van der Waals surface area contributed by atoms with E-state index in [1.807, 2.05) is 13.0 Å². The molecule has 0 saturated heterocycles. The van der Waals surface area contributed by atoms with Crippen LogP contribution < -0.4 is 25.2 Å². The molecule has 244 valence electrons. The zero-order valence-corrected chi connectivity index (χ0v) is 26.4. The van der Waals surface area contributed by atoms with Gasteiger partial charge in [0.05, 0.1) is 25.1 Å². The van der Waals surface area contributed by atoms with Crippen LogP contribution in [0.5, 0.6) is 11.6 Å². The molecule has 5 aromatic rings. The number of aryl methyl sites for hydroxylation is 1. The van der Waals surface area contributed by atoms with Gasteiger partial charge in [-0.25, -0.2) is 32.2 Å². The molecule has 2 heterocycles. The summed E-state index contributed by atoms with van der Waals surface area (Å²) in [6.45, 7) is 2.18. The normalized spacial score (nSPS) is 11.3. The molecule has 0 bridgehead atoms. The third-order valence-electron chi connectivity index (χ3n) is 7.25. The van der Waals surface area contributed by atoms with Crippen molar-refractivity contribution < 1.29 is 31.5 Å². The smallest absolute Gasteiger partial charge is 0.264 e.